The number of benzene rings is 3. The van der Waals surface area contributed by atoms with E-state index in [4.69, 9.17) is 9.47 Å². The predicted octanol–water partition coefficient (Wildman–Crippen LogP) is 5.46. The molecule has 0 aromatic heterocycles. The van der Waals surface area contributed by atoms with Crippen LogP contribution in [-0.2, 0) is 23.9 Å². The van der Waals surface area contributed by atoms with Gasteiger partial charge in [0.25, 0.3) is 5.91 Å². The number of nitrogens with zero attached hydrogens (tertiary/aromatic N) is 1. The van der Waals surface area contributed by atoms with Gasteiger partial charge in [-0.1, -0.05) is 110 Å². The van der Waals surface area contributed by atoms with Crippen LogP contribution in [0, 0.1) is 0 Å². The number of urea groups is 1. The van der Waals surface area contributed by atoms with E-state index in [-0.39, 0.29) is 5.29 Å². The van der Waals surface area contributed by atoms with Crippen LogP contribution in [0.4, 0.5) is 4.79 Å². The Labute approximate surface area is 277 Å². The summed E-state index contributed by atoms with van der Waals surface area (Å²) in [6.07, 6.45) is 3.37. The number of ether oxygens (including phenoxy) is 2. The number of imide groups is 1. The van der Waals surface area contributed by atoms with Crippen molar-refractivity contribution < 1.29 is 28.7 Å². The first-order valence-corrected chi connectivity index (χ1v) is 18.0. The van der Waals surface area contributed by atoms with E-state index in [2.05, 4.69) is 5.32 Å². The Morgan fingerprint density at radius 1 is 0.702 bits per heavy atom. The molecule has 1 spiro atoms. The molecule has 1 N–H and O–H groups in total. The van der Waals surface area contributed by atoms with Gasteiger partial charge in [0, 0.05) is 0 Å². The van der Waals surface area contributed by atoms with E-state index in [0.717, 1.165) is 40.1 Å². The summed E-state index contributed by atoms with van der Waals surface area (Å²) in [6, 6.07) is 26.1. The number of hydrogen-bond donors (Lipinski definition) is 1. The first-order valence-electron chi connectivity index (χ1n) is 16.2. The second-order valence-electron chi connectivity index (χ2n) is 14.2. The van der Waals surface area contributed by atoms with Gasteiger partial charge in [-0.25, -0.2) is 19.3 Å². The van der Waals surface area contributed by atoms with Crippen molar-refractivity contribution in [1.82, 2.24) is 10.2 Å². The molecule has 1 aliphatic heterocycles. The van der Waals surface area contributed by atoms with Gasteiger partial charge < -0.3 is 14.8 Å². The van der Waals surface area contributed by atoms with E-state index in [1.165, 1.54) is 0 Å². The van der Waals surface area contributed by atoms with E-state index in [1.807, 2.05) is 91.0 Å². The van der Waals surface area contributed by atoms with Gasteiger partial charge >= 0.3 is 18.0 Å². The molecule has 2 fully saturated rings. The molecule has 0 radical (unpaired) electrons. The molecule has 8 nitrogen and oxygen atoms in total. The smallest absolute Gasteiger partial charge is 0.338 e. The molecular weight excluding hydrogens is 611 g/mol. The third-order valence-electron chi connectivity index (χ3n) is 8.45. The third-order valence-corrected chi connectivity index (χ3v) is 12.8. The highest BCUT2D eigenvalue weighted by atomic mass is 31.2. The topological polar surface area (TPSA) is 102 Å². The van der Waals surface area contributed by atoms with Crippen LogP contribution in [-0.4, -0.2) is 56.9 Å². The fourth-order valence-electron chi connectivity index (χ4n) is 6.65. The van der Waals surface area contributed by atoms with Crippen molar-refractivity contribution >= 4 is 52.0 Å². The molecule has 3 aromatic rings. The monoisotopic (exact) mass is 656 g/mol. The molecule has 2 aliphatic rings. The van der Waals surface area contributed by atoms with Crippen molar-refractivity contribution in [1.29, 1.82) is 0 Å². The minimum atomic E-state index is -3.37. The molecule has 47 heavy (non-hydrogen) atoms. The average molecular weight is 657 g/mol. The van der Waals surface area contributed by atoms with Gasteiger partial charge in [0.15, 0.2) is 6.04 Å². The zero-order valence-electron chi connectivity index (χ0n) is 28.1. The Balaban J connectivity index is 2.00. The molecule has 1 saturated carbocycles. The van der Waals surface area contributed by atoms with Crippen LogP contribution in [0.2, 0.25) is 0 Å². The maximum atomic E-state index is 15.1. The number of carbonyl (C=O) groups is 4. The lowest BCUT2D eigenvalue weighted by molar-refractivity contribution is -0.161. The molecule has 3 amide bonds. The average Bonchev–Trinajstić information content (AvgIpc) is 3.25. The molecular formula is C38H45N2O6P. The van der Waals surface area contributed by atoms with Gasteiger partial charge in [0.1, 0.15) is 16.7 Å². The molecule has 1 heterocycles. The summed E-state index contributed by atoms with van der Waals surface area (Å²) < 4.78 is 12.2. The van der Waals surface area contributed by atoms with Crippen molar-refractivity contribution in [2.45, 2.75) is 96.4 Å². The maximum absolute atomic E-state index is 15.1. The zero-order valence-corrected chi connectivity index (χ0v) is 29.0. The highest BCUT2D eigenvalue weighted by Crippen LogP contribution is 2.49. The summed E-state index contributed by atoms with van der Waals surface area (Å²) in [6.45, 7) is 7.05. The maximum Gasteiger partial charge on any atom is 0.338 e. The van der Waals surface area contributed by atoms with Crippen LogP contribution in [0.5, 0.6) is 0 Å². The van der Waals surface area contributed by atoms with E-state index < -0.39 is 53.5 Å². The molecule has 3 aromatic carbocycles. The predicted molar refractivity (Wildman–Crippen MR) is 187 cm³/mol. The molecule has 248 valence electrons. The summed E-state index contributed by atoms with van der Waals surface area (Å²) >= 11 is 0. The van der Waals surface area contributed by atoms with Crippen LogP contribution in [0.25, 0.3) is 0 Å². The largest absolute Gasteiger partial charge is 0.458 e. The molecule has 1 atom stereocenters. The van der Waals surface area contributed by atoms with E-state index in [0.29, 0.717) is 12.8 Å². The van der Waals surface area contributed by atoms with Gasteiger partial charge in [-0.05, 0) is 77.2 Å². The van der Waals surface area contributed by atoms with Crippen LogP contribution < -0.4 is 21.2 Å². The first-order chi connectivity index (χ1) is 22.2. The Hall–Kier alpha value is -4.16. The van der Waals surface area contributed by atoms with Crippen molar-refractivity contribution in [2.75, 3.05) is 0 Å². The number of nitrogens with one attached hydrogen (secondary N) is 1. The second kappa shape index (κ2) is 13.2. The lowest BCUT2D eigenvalue weighted by Gasteiger charge is -2.38. The Morgan fingerprint density at radius 3 is 1.53 bits per heavy atom. The fraction of sp³-hybridized carbons (Fsp3) is 0.395. The second-order valence-corrected chi connectivity index (χ2v) is 17.6. The number of esters is 2. The molecule has 1 aliphatic carbocycles. The summed E-state index contributed by atoms with van der Waals surface area (Å²) in [5.74, 6) is -2.17. The SMILES string of the molecule is CC(C)(C)OC(=O)C(C(C(=O)OC(C)(C)C)N1C(=O)NC2(CCCCC2)C1=O)=P(c1ccccc1)(c1ccccc1)c1ccccc1. The molecule has 0 bridgehead atoms. The van der Waals surface area contributed by atoms with Crippen molar-refractivity contribution in [3.63, 3.8) is 0 Å². The van der Waals surface area contributed by atoms with E-state index in [9.17, 15) is 14.4 Å². The van der Waals surface area contributed by atoms with Crippen LogP contribution in [0.15, 0.2) is 91.0 Å². The quantitative estimate of drug-likeness (QED) is 0.206. The van der Waals surface area contributed by atoms with Crippen LogP contribution in [0.3, 0.4) is 0 Å². The van der Waals surface area contributed by atoms with Crippen molar-refractivity contribution in [2.24, 2.45) is 0 Å². The van der Waals surface area contributed by atoms with Gasteiger partial charge in [0.05, 0.1) is 5.29 Å². The van der Waals surface area contributed by atoms with Crippen LogP contribution >= 0.6 is 6.89 Å². The van der Waals surface area contributed by atoms with Gasteiger partial charge in [-0.15, -0.1) is 0 Å². The fourth-order valence-corrected chi connectivity index (χ4v) is 11.1. The Morgan fingerprint density at radius 2 is 1.13 bits per heavy atom. The summed E-state index contributed by atoms with van der Waals surface area (Å²) in [7, 11) is 0. The van der Waals surface area contributed by atoms with E-state index >= 15 is 4.79 Å². The molecule has 1 saturated heterocycles. The minimum Gasteiger partial charge on any atom is -0.458 e. The highest BCUT2D eigenvalue weighted by Gasteiger charge is 2.58. The first kappa shape index (κ1) is 34.2. The molecule has 9 heteroatoms. The van der Waals surface area contributed by atoms with Crippen molar-refractivity contribution in [3.05, 3.63) is 91.0 Å². The van der Waals surface area contributed by atoms with Crippen LogP contribution in [0.1, 0.15) is 73.6 Å². The third kappa shape index (κ3) is 6.80. The van der Waals surface area contributed by atoms with Crippen molar-refractivity contribution in [3.8, 4) is 0 Å². The Bertz CT molecular complexity index is 1580. The number of amides is 3. The lowest BCUT2D eigenvalue weighted by atomic mass is 9.81. The van der Waals surface area contributed by atoms with E-state index in [1.54, 1.807) is 41.5 Å². The number of hydrogen-bond acceptors (Lipinski definition) is 6. The highest BCUT2D eigenvalue weighted by molar-refractivity contribution is 7.96. The summed E-state index contributed by atoms with van der Waals surface area (Å²) in [5, 5.41) is 5.23. The van der Waals surface area contributed by atoms with Gasteiger partial charge in [0.2, 0.25) is 0 Å². The number of rotatable bonds is 7. The zero-order chi connectivity index (χ0) is 34.0. The molecule has 5 rings (SSSR count). The van der Waals surface area contributed by atoms with Gasteiger partial charge in [-0.3, -0.25) is 4.79 Å². The normalized spacial score (nSPS) is 17.2. The summed E-state index contributed by atoms with van der Waals surface area (Å²) in [5.41, 5.74) is -3.12. The standard InChI is InChI=1S/C38H45N2O6P/c1-36(2,3)45-32(41)30(40-34(43)38(39-35(40)44)25-17-10-18-26-38)31(33(42)46-37(4,5)6)47(27-19-11-7-12-20-27,28-21-13-8-14-22-28)29-23-15-9-16-24-29/h7-9,11-16,19-24,30H,10,17-18,25-26H2,1-6H3,(H,39,44). The lowest BCUT2D eigenvalue weighted by Crippen LogP contribution is -2.57. The van der Waals surface area contributed by atoms with Gasteiger partial charge in [-0.2, -0.15) is 0 Å². The number of carbonyl (C=O) groups excluding carboxylic acids is 4. The summed E-state index contributed by atoms with van der Waals surface area (Å²) in [4.78, 5) is 59.6. The Kier molecular flexibility index (Phi) is 9.57. The molecule has 1 unspecified atom stereocenters. The minimum absolute atomic E-state index is 0.00151.